The Labute approximate surface area is 404 Å². The van der Waals surface area contributed by atoms with E-state index in [2.05, 4.69) is 50.3 Å². The number of fused-ring (bicyclic) bond motifs is 6. The Hall–Kier alpha value is -7.38. The molecule has 4 aliphatic heterocycles. The molecule has 0 aliphatic carbocycles. The zero-order valence-electron chi connectivity index (χ0n) is 39.0. The van der Waals surface area contributed by atoms with Gasteiger partial charge in [0.25, 0.3) is 11.1 Å². The van der Waals surface area contributed by atoms with E-state index in [-0.39, 0.29) is 71.9 Å². The highest BCUT2D eigenvalue weighted by molar-refractivity contribution is 5.83. The number of pyridine rings is 4. The molecule has 70 heavy (non-hydrogen) atoms. The number of amides is 2. The highest BCUT2D eigenvalue weighted by Gasteiger charge is 2.57. The normalized spacial score (nSPS) is 23.4. The molecule has 2 fully saturated rings. The molecule has 0 aromatic carbocycles. The first kappa shape index (κ1) is 47.7. The smallest absolute Gasteiger partial charge is 0.258 e. The maximum Gasteiger partial charge on any atom is 0.258 e. The second-order valence-electron chi connectivity index (χ2n) is 18.0. The van der Waals surface area contributed by atoms with E-state index < -0.39 is 12.1 Å². The van der Waals surface area contributed by atoms with Gasteiger partial charge in [0.2, 0.25) is 11.8 Å². The largest absolute Gasteiger partial charge is 0.396 e. The SMILES string of the molecule is C/C=C/c1ccc2n(c1=O)C[C@@H]1[C@@H](CO)[C@H](C(=O)NCc3ccncc3)N(Cc3cncnc3)[C@H]21.C/C=C\c1ccc2n(c1=O)C[C@@H]1[C@@H](CO)[C@H](C(=O)NCc3ccncc3)N(Cc3cncnc3)[C@H]21. The van der Waals surface area contributed by atoms with Crippen LogP contribution in [0.4, 0.5) is 0 Å². The van der Waals surface area contributed by atoms with Gasteiger partial charge in [-0.15, -0.1) is 0 Å². The number of aliphatic hydroxyl groups excluding tert-OH is 2. The molecule has 360 valence electrons. The van der Waals surface area contributed by atoms with E-state index in [0.29, 0.717) is 50.4 Å². The minimum Gasteiger partial charge on any atom is -0.396 e. The average Bonchev–Trinajstić information content (AvgIpc) is 4.13. The van der Waals surface area contributed by atoms with Crippen molar-refractivity contribution in [2.24, 2.45) is 23.7 Å². The van der Waals surface area contributed by atoms with Gasteiger partial charge in [-0.25, -0.2) is 19.9 Å². The fourth-order valence-electron chi connectivity index (χ4n) is 11.0. The summed E-state index contributed by atoms with van der Waals surface area (Å²) in [6.45, 7) is 5.98. The van der Waals surface area contributed by atoms with Crippen molar-refractivity contribution < 1.29 is 19.8 Å². The van der Waals surface area contributed by atoms with Crippen LogP contribution in [0.15, 0.2) is 133 Å². The van der Waals surface area contributed by atoms with Crippen LogP contribution < -0.4 is 21.8 Å². The molecule has 18 heteroatoms. The molecule has 0 spiro atoms. The second-order valence-corrected chi connectivity index (χ2v) is 18.0. The number of carbonyl (C=O) groups is 2. The lowest BCUT2D eigenvalue weighted by atomic mass is 9.88. The van der Waals surface area contributed by atoms with Gasteiger partial charge in [0.1, 0.15) is 12.7 Å². The minimum atomic E-state index is -0.559. The number of likely N-dealkylation sites (tertiary alicyclic amines) is 2. The van der Waals surface area contributed by atoms with E-state index in [9.17, 15) is 29.4 Å². The van der Waals surface area contributed by atoms with Gasteiger partial charge in [-0.05, 0) is 73.5 Å². The van der Waals surface area contributed by atoms with E-state index in [1.807, 2.05) is 86.7 Å². The average molecular weight is 945 g/mol. The number of nitrogens with zero attached hydrogens (tertiary/aromatic N) is 10. The van der Waals surface area contributed by atoms with Crippen LogP contribution in [0, 0.1) is 23.7 Å². The number of nitrogens with one attached hydrogen (secondary N) is 2. The van der Waals surface area contributed by atoms with Gasteiger partial charge < -0.3 is 30.0 Å². The van der Waals surface area contributed by atoms with Gasteiger partial charge in [-0.2, -0.15) is 0 Å². The Morgan fingerprint density at radius 3 is 1.31 bits per heavy atom. The quantitative estimate of drug-likeness (QED) is 0.123. The van der Waals surface area contributed by atoms with E-state index in [0.717, 1.165) is 33.6 Å². The van der Waals surface area contributed by atoms with Crippen LogP contribution in [-0.4, -0.2) is 96.2 Å². The van der Waals surface area contributed by atoms with Crippen molar-refractivity contribution in [2.45, 2.75) is 77.3 Å². The van der Waals surface area contributed by atoms with Crippen molar-refractivity contribution in [1.82, 2.24) is 59.5 Å². The van der Waals surface area contributed by atoms with Crippen molar-refractivity contribution in [3.63, 3.8) is 0 Å². The monoisotopic (exact) mass is 944 g/mol. The van der Waals surface area contributed by atoms with Crippen LogP contribution >= 0.6 is 0 Å². The summed E-state index contributed by atoms with van der Waals surface area (Å²) < 4.78 is 3.60. The molecule has 8 atom stereocenters. The number of aliphatic hydroxyl groups is 2. The van der Waals surface area contributed by atoms with Crippen LogP contribution in [0.2, 0.25) is 0 Å². The summed E-state index contributed by atoms with van der Waals surface area (Å²) in [6.07, 6.45) is 24.0. The van der Waals surface area contributed by atoms with Crippen LogP contribution in [0.1, 0.15) is 70.7 Å². The maximum absolute atomic E-state index is 13.5. The number of hydrogen-bond donors (Lipinski definition) is 4. The highest BCUT2D eigenvalue weighted by Crippen LogP contribution is 2.51. The number of hydrogen-bond acceptors (Lipinski definition) is 14. The first-order valence-corrected chi connectivity index (χ1v) is 23.5. The Balaban J connectivity index is 0.000000174. The topological polar surface area (TPSA) is 226 Å². The van der Waals surface area contributed by atoms with Crippen molar-refractivity contribution in [1.29, 1.82) is 0 Å². The molecule has 6 aromatic rings. The molecule has 2 saturated heterocycles. The molecule has 10 heterocycles. The fraction of sp³-hybridized carbons (Fsp3) is 0.346. The maximum atomic E-state index is 13.5. The van der Waals surface area contributed by atoms with Gasteiger partial charge in [0.15, 0.2) is 0 Å². The molecule has 10 rings (SSSR count). The van der Waals surface area contributed by atoms with Gasteiger partial charge >= 0.3 is 0 Å². The van der Waals surface area contributed by atoms with E-state index >= 15 is 0 Å². The summed E-state index contributed by atoms with van der Waals surface area (Å²) in [7, 11) is 0. The van der Waals surface area contributed by atoms with Gasteiger partial charge in [-0.1, -0.05) is 24.3 Å². The summed E-state index contributed by atoms with van der Waals surface area (Å²) in [5, 5.41) is 27.0. The predicted molar refractivity (Wildman–Crippen MR) is 259 cm³/mol. The van der Waals surface area contributed by atoms with Crippen molar-refractivity contribution in [3.05, 3.63) is 188 Å². The second kappa shape index (κ2) is 21.5. The zero-order chi connectivity index (χ0) is 48.7. The van der Waals surface area contributed by atoms with Crippen LogP contribution in [0.3, 0.4) is 0 Å². The van der Waals surface area contributed by atoms with Gasteiger partial charge in [0.05, 0.1) is 24.2 Å². The van der Waals surface area contributed by atoms with Crippen LogP contribution in [-0.2, 0) is 48.9 Å². The molecule has 6 aromatic heterocycles. The highest BCUT2D eigenvalue weighted by atomic mass is 16.3. The summed E-state index contributed by atoms with van der Waals surface area (Å²) >= 11 is 0. The van der Waals surface area contributed by atoms with Gasteiger partial charge in [-0.3, -0.25) is 38.9 Å². The predicted octanol–water partition coefficient (Wildman–Crippen LogP) is 3.09. The molecule has 18 nitrogen and oxygen atoms in total. The molecule has 0 unspecified atom stereocenters. The summed E-state index contributed by atoms with van der Waals surface area (Å²) in [5.41, 5.74) is 6.53. The molecule has 2 amide bonds. The Morgan fingerprint density at radius 2 is 0.957 bits per heavy atom. The lowest BCUT2D eigenvalue weighted by molar-refractivity contribution is -0.128. The third kappa shape index (κ3) is 9.50. The van der Waals surface area contributed by atoms with Crippen LogP contribution in [0.5, 0.6) is 0 Å². The first-order valence-electron chi connectivity index (χ1n) is 23.5. The van der Waals surface area contributed by atoms with Crippen molar-refractivity contribution in [3.8, 4) is 0 Å². The summed E-state index contributed by atoms with van der Waals surface area (Å²) in [4.78, 5) is 82.1. The Kier molecular flexibility index (Phi) is 14.6. The van der Waals surface area contributed by atoms with E-state index in [4.69, 9.17) is 0 Å². The van der Waals surface area contributed by atoms with Crippen LogP contribution in [0.25, 0.3) is 12.2 Å². The molecule has 0 saturated carbocycles. The first-order chi connectivity index (χ1) is 34.2. The fourth-order valence-corrected chi connectivity index (χ4v) is 11.0. The number of rotatable bonds is 14. The summed E-state index contributed by atoms with van der Waals surface area (Å²) in [6, 6.07) is 13.6. The van der Waals surface area contributed by atoms with E-state index in [1.165, 1.54) is 12.7 Å². The number of allylic oxidation sites excluding steroid dienone is 2. The lowest BCUT2D eigenvalue weighted by Gasteiger charge is -2.30. The van der Waals surface area contributed by atoms with Gasteiger partial charge in [0, 0.05) is 159 Å². The zero-order valence-corrected chi connectivity index (χ0v) is 39.0. The van der Waals surface area contributed by atoms with Crippen molar-refractivity contribution >= 4 is 24.0 Å². The molecule has 0 bridgehead atoms. The standard InChI is InChI=1S/2C26H28N6O3/c2*1-2-3-19-4-5-22-23-20(14-31(22)26(19)35)21(15-33)24(32(23)13-18-10-28-16-29-11-18)25(34)30-12-17-6-8-27-9-7-17/h2*2-11,16,20-21,23-24,33H,12-15H2,1H3,(H,30,34)/b3-2+;3-2-/t2*20-,21-,23+,24-/m11/s1. The molecule has 0 radical (unpaired) electrons. The number of carbonyl (C=O) groups excluding carboxylic acids is 2. The molecular weight excluding hydrogens is 889 g/mol. The third-order valence-electron chi connectivity index (χ3n) is 14.1. The lowest BCUT2D eigenvalue weighted by Crippen LogP contribution is -2.48. The third-order valence-corrected chi connectivity index (χ3v) is 14.1. The molecule has 4 aliphatic rings. The van der Waals surface area contributed by atoms with Crippen molar-refractivity contribution in [2.75, 3.05) is 13.2 Å². The minimum absolute atomic E-state index is 0.0478. The number of aromatic nitrogens is 8. The van der Waals surface area contributed by atoms with E-state index in [1.54, 1.807) is 58.7 Å². The molecular formula is C52H56N12O6. The Bertz CT molecular complexity index is 2750. The Morgan fingerprint density at radius 1 is 0.571 bits per heavy atom. The summed E-state index contributed by atoms with van der Waals surface area (Å²) in [5.74, 6) is -1.10. The molecule has 4 N–H and O–H groups in total.